The number of ketones is 2. The van der Waals surface area contributed by atoms with Crippen molar-refractivity contribution in [3.05, 3.63) is 85.3 Å². The quantitative estimate of drug-likeness (QED) is 0.121. The Balaban J connectivity index is 1.78. The second-order valence-electron chi connectivity index (χ2n) is 10.1. The maximum Gasteiger partial charge on any atom is 0.321 e. The molecule has 2 heterocycles. The monoisotopic (exact) mass is 808 g/mol. The standard InChI is InChI=1S/C30H24Cl4N2O12S2/c1-3-47-22(39)12-49(43,44)14-5-7-16(20(37)9-14)27(41)19-11-18(31)30(34)36(19)26-24(32)29(33)35-25(26)28(42)17-8-6-15(10-21(17)38)50(45,46)13-23(40)48-4-2/h5-11,35,37-38H,3-4,12-13H2,1-2H3. The molecule has 3 N–H and O–H groups in total. The number of aromatic nitrogens is 2. The molecule has 0 amide bonds. The number of phenolic OH excluding ortho intramolecular Hbond substituents is 2. The van der Waals surface area contributed by atoms with E-state index in [0.717, 1.165) is 47.0 Å². The Labute approximate surface area is 304 Å². The van der Waals surface area contributed by atoms with Gasteiger partial charge in [0.1, 0.15) is 32.5 Å². The van der Waals surface area contributed by atoms with Crippen LogP contribution in [0.5, 0.6) is 11.5 Å². The number of esters is 2. The number of benzene rings is 2. The van der Waals surface area contributed by atoms with E-state index in [1.165, 1.54) is 13.8 Å². The number of aromatic amines is 1. The minimum absolute atomic E-state index is 0.0577. The van der Waals surface area contributed by atoms with Crippen molar-refractivity contribution < 1.29 is 55.7 Å². The molecule has 0 saturated heterocycles. The van der Waals surface area contributed by atoms with Crippen LogP contribution in [0.3, 0.4) is 0 Å². The van der Waals surface area contributed by atoms with Crippen LogP contribution in [0, 0.1) is 0 Å². The summed E-state index contributed by atoms with van der Waals surface area (Å²) in [6.45, 7) is 2.87. The third-order valence-electron chi connectivity index (χ3n) is 6.83. The zero-order valence-corrected chi connectivity index (χ0v) is 30.3. The van der Waals surface area contributed by atoms with Gasteiger partial charge in [0.2, 0.25) is 11.6 Å². The van der Waals surface area contributed by atoms with Crippen LogP contribution in [-0.2, 0) is 38.7 Å². The van der Waals surface area contributed by atoms with E-state index in [1.54, 1.807) is 0 Å². The fraction of sp³-hybridized carbons (Fsp3) is 0.200. The SMILES string of the molecule is CCOC(=O)CS(=O)(=O)c1ccc(C(=O)c2[nH]c(Cl)c(Cl)c2-n2c(C(=O)c3ccc(S(=O)(=O)CC(=O)OCC)cc3O)cc(Cl)c2Cl)c(O)c1. The predicted octanol–water partition coefficient (Wildman–Crippen LogP) is 4.97. The molecule has 2 aromatic heterocycles. The smallest absolute Gasteiger partial charge is 0.321 e. The van der Waals surface area contributed by atoms with Crippen LogP contribution in [0.2, 0.25) is 20.4 Å². The molecule has 0 aliphatic rings. The van der Waals surface area contributed by atoms with Crippen molar-refractivity contribution in [2.45, 2.75) is 23.6 Å². The first-order valence-electron chi connectivity index (χ1n) is 14.0. The lowest BCUT2D eigenvalue weighted by Crippen LogP contribution is -2.19. The largest absolute Gasteiger partial charge is 0.507 e. The van der Waals surface area contributed by atoms with E-state index in [-0.39, 0.29) is 39.3 Å². The number of halogens is 4. The minimum Gasteiger partial charge on any atom is -0.507 e. The molecule has 14 nitrogen and oxygen atoms in total. The average Bonchev–Trinajstić information content (AvgIpc) is 3.48. The van der Waals surface area contributed by atoms with Crippen LogP contribution in [0.25, 0.3) is 5.69 Å². The highest BCUT2D eigenvalue weighted by molar-refractivity contribution is 7.92. The third-order valence-corrected chi connectivity index (χ3v) is 11.5. The molecule has 0 unspecified atom stereocenters. The molecule has 0 aliphatic carbocycles. The van der Waals surface area contributed by atoms with Crippen LogP contribution in [0.1, 0.15) is 46.0 Å². The van der Waals surface area contributed by atoms with Gasteiger partial charge in [0.25, 0.3) is 0 Å². The molecule has 0 fully saturated rings. The highest BCUT2D eigenvalue weighted by Gasteiger charge is 2.32. The Morgan fingerprint density at radius 2 is 1.20 bits per heavy atom. The molecule has 0 radical (unpaired) electrons. The lowest BCUT2D eigenvalue weighted by Gasteiger charge is -2.13. The van der Waals surface area contributed by atoms with E-state index in [4.69, 9.17) is 46.4 Å². The van der Waals surface area contributed by atoms with Crippen molar-refractivity contribution in [1.29, 1.82) is 0 Å². The Morgan fingerprint density at radius 1 is 0.740 bits per heavy atom. The fourth-order valence-corrected chi connectivity index (χ4v) is 7.68. The van der Waals surface area contributed by atoms with Crippen LogP contribution in [0.15, 0.2) is 52.3 Å². The number of sulfone groups is 2. The number of rotatable bonds is 13. The lowest BCUT2D eigenvalue weighted by atomic mass is 10.1. The Bertz CT molecular complexity index is 2120. The molecule has 4 aromatic rings. The molecule has 0 bridgehead atoms. The predicted molar refractivity (Wildman–Crippen MR) is 181 cm³/mol. The molecule has 0 atom stereocenters. The van der Waals surface area contributed by atoms with Crippen LogP contribution in [-0.4, -0.2) is 84.8 Å². The topological polar surface area (TPSA) is 216 Å². The number of aromatic hydroxyl groups is 2. The number of hydrogen-bond acceptors (Lipinski definition) is 12. The zero-order chi connectivity index (χ0) is 37.3. The van der Waals surface area contributed by atoms with Gasteiger partial charge in [-0.3, -0.25) is 23.7 Å². The first-order valence-corrected chi connectivity index (χ1v) is 18.8. The summed E-state index contributed by atoms with van der Waals surface area (Å²) in [6, 6.07) is 6.47. The number of ether oxygens (including phenoxy) is 2. The van der Waals surface area contributed by atoms with Crippen molar-refractivity contribution in [2.24, 2.45) is 0 Å². The van der Waals surface area contributed by atoms with Gasteiger partial charge < -0.3 is 24.7 Å². The molecular formula is C30H24Cl4N2O12S2. The van der Waals surface area contributed by atoms with E-state index in [2.05, 4.69) is 14.5 Å². The number of nitrogens with one attached hydrogen (secondary N) is 1. The highest BCUT2D eigenvalue weighted by atomic mass is 35.5. The van der Waals surface area contributed by atoms with Gasteiger partial charge >= 0.3 is 11.9 Å². The van der Waals surface area contributed by atoms with Gasteiger partial charge in [-0.2, -0.15) is 0 Å². The van der Waals surface area contributed by atoms with Gasteiger partial charge in [-0.05, 0) is 56.3 Å². The third kappa shape index (κ3) is 7.80. The number of carbonyl (C=O) groups is 4. The molecule has 0 spiro atoms. The van der Waals surface area contributed by atoms with Gasteiger partial charge in [-0.25, -0.2) is 16.8 Å². The number of nitrogens with zero attached hydrogens (tertiary/aromatic N) is 1. The molecule has 266 valence electrons. The highest BCUT2D eigenvalue weighted by Crippen LogP contribution is 2.41. The van der Waals surface area contributed by atoms with E-state index in [1.807, 2.05) is 0 Å². The Kier molecular flexibility index (Phi) is 11.7. The molecule has 2 aromatic carbocycles. The number of hydrogen-bond donors (Lipinski definition) is 3. The summed E-state index contributed by atoms with van der Waals surface area (Å²) in [4.78, 5) is 52.7. The van der Waals surface area contributed by atoms with Crippen molar-refractivity contribution >= 4 is 89.6 Å². The van der Waals surface area contributed by atoms with Crippen molar-refractivity contribution in [2.75, 3.05) is 24.7 Å². The summed E-state index contributed by atoms with van der Waals surface area (Å²) >= 11 is 25.4. The van der Waals surface area contributed by atoms with Crippen molar-refractivity contribution in [3.8, 4) is 17.2 Å². The molecule has 50 heavy (non-hydrogen) atoms. The summed E-state index contributed by atoms with van der Waals surface area (Å²) in [7, 11) is -8.55. The zero-order valence-electron chi connectivity index (χ0n) is 25.6. The van der Waals surface area contributed by atoms with Crippen molar-refractivity contribution in [3.63, 3.8) is 0 Å². The normalized spacial score (nSPS) is 11.7. The molecule has 4 rings (SSSR count). The van der Waals surface area contributed by atoms with Crippen LogP contribution < -0.4 is 0 Å². The fourth-order valence-electron chi connectivity index (χ4n) is 4.60. The summed E-state index contributed by atoms with van der Waals surface area (Å²) < 4.78 is 60.9. The summed E-state index contributed by atoms with van der Waals surface area (Å²) in [6.07, 6.45) is 0. The molecule has 0 saturated carbocycles. The van der Waals surface area contributed by atoms with Gasteiger partial charge in [0.15, 0.2) is 31.2 Å². The van der Waals surface area contributed by atoms with E-state index >= 15 is 0 Å². The van der Waals surface area contributed by atoms with E-state index < -0.39 is 98.5 Å². The average molecular weight is 810 g/mol. The van der Waals surface area contributed by atoms with Crippen LogP contribution >= 0.6 is 46.4 Å². The Hall–Kier alpha value is -4.06. The summed E-state index contributed by atoms with van der Waals surface area (Å²) in [5.74, 6) is -7.72. The maximum absolute atomic E-state index is 13.8. The van der Waals surface area contributed by atoms with Gasteiger partial charge in [-0.15, -0.1) is 0 Å². The van der Waals surface area contributed by atoms with Crippen molar-refractivity contribution in [1.82, 2.24) is 9.55 Å². The minimum atomic E-state index is -4.28. The lowest BCUT2D eigenvalue weighted by molar-refractivity contribution is -0.140. The Morgan fingerprint density at radius 3 is 1.64 bits per heavy atom. The van der Waals surface area contributed by atoms with Gasteiger partial charge in [0, 0.05) is 0 Å². The number of phenols is 2. The first-order chi connectivity index (χ1) is 23.3. The maximum atomic E-state index is 13.8. The molecular weight excluding hydrogens is 786 g/mol. The van der Waals surface area contributed by atoms with E-state index in [0.29, 0.717) is 0 Å². The summed E-state index contributed by atoms with van der Waals surface area (Å²) in [5, 5.41) is 20.2. The number of carbonyl (C=O) groups excluding carboxylic acids is 4. The second-order valence-corrected chi connectivity index (χ2v) is 15.6. The molecule has 20 heteroatoms. The van der Waals surface area contributed by atoms with Gasteiger partial charge in [0.05, 0.1) is 50.5 Å². The second kappa shape index (κ2) is 15.0. The molecule has 0 aliphatic heterocycles. The van der Waals surface area contributed by atoms with E-state index in [9.17, 15) is 46.2 Å². The number of H-pyrrole nitrogens is 1. The summed E-state index contributed by atoms with van der Waals surface area (Å²) in [5.41, 5.74) is -2.10. The van der Waals surface area contributed by atoms with Crippen LogP contribution in [0.4, 0.5) is 0 Å². The first kappa shape index (κ1) is 38.7. The van der Waals surface area contributed by atoms with Gasteiger partial charge in [-0.1, -0.05) is 46.4 Å².